The van der Waals surface area contributed by atoms with E-state index >= 15 is 0 Å². The molecular weight excluding hydrogens is 238 g/mol. The second kappa shape index (κ2) is 6.38. The number of methoxy groups -OCH3 is 1. The Morgan fingerprint density at radius 2 is 2.53 bits per heavy atom. The van der Waals surface area contributed by atoms with E-state index in [1.807, 2.05) is 0 Å². The summed E-state index contributed by atoms with van der Waals surface area (Å²) in [6.45, 7) is -2.06. The van der Waals surface area contributed by atoms with Gasteiger partial charge in [-0.05, 0) is 38.3 Å². The smallest absolute Gasteiger partial charge is 0.121 e. The topological polar surface area (TPSA) is 60.2 Å². The SMILES string of the molecule is [2H]C([2H])([2H])Oc1cc(NC([2H])(C)C([2H])([2H])C([2H])([2H])C([2H])([2H])N)c2ncccc2c1. The highest BCUT2D eigenvalue weighted by Gasteiger charge is 2.08. The van der Waals surface area contributed by atoms with Crippen LogP contribution in [0.15, 0.2) is 30.5 Å². The first-order valence-electron chi connectivity index (χ1n) is 10.5. The Bertz CT molecular complexity index is 892. The predicted octanol–water partition coefficient (Wildman–Crippen LogP) is 2.78. The molecule has 0 aliphatic heterocycles. The predicted molar refractivity (Wildman–Crippen MR) is 79.7 cm³/mol. The maximum atomic E-state index is 8.40. The van der Waals surface area contributed by atoms with Crippen LogP contribution in [0.25, 0.3) is 10.9 Å². The van der Waals surface area contributed by atoms with E-state index < -0.39 is 32.3 Å². The van der Waals surface area contributed by atoms with Crippen molar-refractivity contribution in [2.45, 2.75) is 25.7 Å². The molecule has 0 fully saturated rings. The molecule has 1 heterocycles. The number of nitrogens with zero attached hydrogens (tertiary/aromatic N) is 1. The van der Waals surface area contributed by atoms with Gasteiger partial charge in [-0.2, -0.15) is 0 Å². The molecule has 0 aliphatic rings. The minimum atomic E-state index is -3.25. The van der Waals surface area contributed by atoms with Crippen LogP contribution in [0.4, 0.5) is 5.69 Å². The fraction of sp³-hybridized carbons (Fsp3) is 0.400. The zero-order valence-electron chi connectivity index (χ0n) is 20.3. The van der Waals surface area contributed by atoms with Crippen LogP contribution < -0.4 is 15.8 Å². The first-order chi connectivity index (χ1) is 12.9. The molecule has 0 spiro atoms. The van der Waals surface area contributed by atoms with Gasteiger partial charge in [0.05, 0.1) is 23.7 Å². The molecule has 0 amide bonds. The Labute approximate surface area is 128 Å². The van der Waals surface area contributed by atoms with Crippen molar-refractivity contribution in [1.82, 2.24) is 4.98 Å². The Morgan fingerprint density at radius 1 is 1.63 bits per heavy atom. The molecule has 0 saturated heterocycles. The number of hydrogen-bond acceptors (Lipinski definition) is 4. The van der Waals surface area contributed by atoms with Gasteiger partial charge in [-0.25, -0.2) is 0 Å². The van der Waals surface area contributed by atoms with Gasteiger partial charge in [-0.1, -0.05) is 6.07 Å². The zero-order chi connectivity index (χ0) is 22.5. The Balaban J connectivity index is 2.56. The highest BCUT2D eigenvalue weighted by atomic mass is 16.5. The second-order valence-electron chi connectivity index (χ2n) is 3.79. The van der Waals surface area contributed by atoms with Crippen molar-refractivity contribution >= 4 is 16.6 Å². The standard InChI is InChI=1S/C15H21N3O/c1-11(5-3-7-16)18-14-10-13(19-2)9-12-6-4-8-17-15(12)14/h4,6,8-11,18H,3,5,7,16H2,1-2H3/i2D3,3D2,5D2,7D2,11D. The molecule has 1 atom stereocenters. The molecule has 19 heavy (non-hydrogen) atoms. The number of ether oxygens (including phenoxy) is 1. The molecule has 4 heteroatoms. The third-order valence-electron chi connectivity index (χ3n) is 2.44. The number of fused-ring (bicyclic) bond motifs is 1. The lowest BCUT2D eigenvalue weighted by atomic mass is 10.1. The van der Waals surface area contributed by atoms with Gasteiger partial charge < -0.3 is 15.8 Å². The molecule has 2 rings (SSSR count). The van der Waals surface area contributed by atoms with Crippen LogP contribution in [0, 0.1) is 0 Å². The number of pyridine rings is 1. The highest BCUT2D eigenvalue weighted by molar-refractivity contribution is 5.91. The summed E-state index contributed by atoms with van der Waals surface area (Å²) >= 11 is 0. The van der Waals surface area contributed by atoms with E-state index in [9.17, 15) is 0 Å². The number of rotatable bonds is 6. The van der Waals surface area contributed by atoms with Gasteiger partial charge in [0.2, 0.25) is 0 Å². The first-order valence-corrected chi connectivity index (χ1v) is 5.54. The third-order valence-corrected chi connectivity index (χ3v) is 2.44. The maximum absolute atomic E-state index is 8.40. The summed E-state index contributed by atoms with van der Waals surface area (Å²) in [6.07, 6.45) is -4.94. The molecule has 4 nitrogen and oxygen atoms in total. The molecule has 1 aromatic carbocycles. The summed E-state index contributed by atoms with van der Waals surface area (Å²) in [4.78, 5) is 4.14. The van der Waals surface area contributed by atoms with Crippen LogP contribution in [0.3, 0.4) is 0 Å². The molecule has 3 N–H and O–H groups in total. The van der Waals surface area contributed by atoms with Crippen molar-refractivity contribution < 1.29 is 18.4 Å². The quantitative estimate of drug-likeness (QED) is 0.846. The van der Waals surface area contributed by atoms with Crippen LogP contribution >= 0.6 is 0 Å². The highest BCUT2D eigenvalue weighted by Crippen LogP contribution is 2.28. The summed E-state index contributed by atoms with van der Waals surface area (Å²) in [5, 5.41) is 2.94. The Kier molecular flexibility index (Phi) is 1.91. The van der Waals surface area contributed by atoms with Crippen LogP contribution in [-0.4, -0.2) is 24.5 Å². The summed E-state index contributed by atoms with van der Waals surface area (Å²) in [6, 6.07) is 3.37. The molecule has 0 saturated carbocycles. The molecular formula is C15H21N3O. The van der Waals surface area contributed by atoms with Gasteiger partial charge in [0, 0.05) is 31.9 Å². The molecule has 0 aliphatic carbocycles. The minimum absolute atomic E-state index is 0.0112. The average Bonchev–Trinajstić information content (AvgIpc) is 2.51. The van der Waals surface area contributed by atoms with E-state index in [0.29, 0.717) is 5.39 Å². The molecule has 1 unspecified atom stereocenters. The monoisotopic (exact) mass is 269 g/mol. The lowest BCUT2D eigenvalue weighted by Gasteiger charge is -2.17. The maximum Gasteiger partial charge on any atom is 0.121 e. The van der Waals surface area contributed by atoms with Crippen LogP contribution in [0.2, 0.25) is 0 Å². The largest absolute Gasteiger partial charge is 0.497 e. The van der Waals surface area contributed by atoms with Crippen molar-refractivity contribution in [1.29, 1.82) is 0 Å². The minimum Gasteiger partial charge on any atom is -0.497 e. The van der Waals surface area contributed by atoms with E-state index in [2.05, 4.69) is 10.3 Å². The van der Waals surface area contributed by atoms with Crippen molar-refractivity contribution in [2.24, 2.45) is 5.73 Å². The fourth-order valence-corrected chi connectivity index (χ4v) is 1.68. The third kappa shape index (κ3) is 3.35. The summed E-state index contributed by atoms with van der Waals surface area (Å²) < 4.78 is 81.8. The fourth-order valence-electron chi connectivity index (χ4n) is 1.68. The Hall–Kier alpha value is -1.81. The van der Waals surface area contributed by atoms with Gasteiger partial charge in [-0.15, -0.1) is 0 Å². The number of hydrogen-bond donors (Lipinski definition) is 2. The van der Waals surface area contributed by atoms with Crippen molar-refractivity contribution in [3.63, 3.8) is 0 Å². The van der Waals surface area contributed by atoms with Gasteiger partial charge in [0.15, 0.2) is 0 Å². The zero-order valence-corrected chi connectivity index (χ0v) is 10.3. The van der Waals surface area contributed by atoms with Crippen molar-refractivity contribution in [3.8, 4) is 5.75 Å². The molecule has 1 aromatic heterocycles. The van der Waals surface area contributed by atoms with Gasteiger partial charge in [0.1, 0.15) is 5.75 Å². The van der Waals surface area contributed by atoms with E-state index in [1.165, 1.54) is 18.3 Å². The number of nitrogens with two attached hydrogens (primary N) is 1. The van der Waals surface area contributed by atoms with Crippen LogP contribution in [0.1, 0.15) is 33.4 Å². The summed E-state index contributed by atoms with van der Waals surface area (Å²) in [7, 11) is -2.75. The van der Waals surface area contributed by atoms with Gasteiger partial charge in [-0.3, -0.25) is 4.98 Å². The molecule has 102 valence electrons. The van der Waals surface area contributed by atoms with Crippen LogP contribution in [0.5, 0.6) is 5.75 Å². The summed E-state index contributed by atoms with van der Waals surface area (Å²) in [5.74, 6) is -0.0958. The van der Waals surface area contributed by atoms with Crippen LogP contribution in [-0.2, 0) is 0 Å². The average molecular weight is 269 g/mol. The van der Waals surface area contributed by atoms with Gasteiger partial charge >= 0.3 is 0 Å². The van der Waals surface area contributed by atoms with Gasteiger partial charge in [0.25, 0.3) is 0 Å². The molecule has 0 radical (unpaired) electrons. The lowest BCUT2D eigenvalue weighted by Crippen LogP contribution is -2.17. The normalized spacial score (nSPS) is 24.7. The first kappa shape index (κ1) is 5.67. The van der Waals surface area contributed by atoms with E-state index in [-0.39, 0.29) is 17.0 Å². The summed E-state index contributed by atoms with van der Waals surface area (Å²) in [5.41, 5.74) is 5.46. The Morgan fingerprint density at radius 3 is 3.32 bits per heavy atom. The van der Waals surface area contributed by atoms with E-state index in [1.54, 1.807) is 12.1 Å². The number of aromatic nitrogens is 1. The van der Waals surface area contributed by atoms with Crippen molar-refractivity contribution in [2.75, 3.05) is 18.9 Å². The number of nitrogens with one attached hydrogen (secondary N) is 1. The number of anilines is 1. The number of benzene rings is 1. The van der Waals surface area contributed by atoms with Crippen molar-refractivity contribution in [3.05, 3.63) is 30.5 Å². The lowest BCUT2D eigenvalue weighted by molar-refractivity contribution is 0.415. The molecule has 2 aromatic rings. The van der Waals surface area contributed by atoms with E-state index in [4.69, 9.17) is 24.2 Å². The second-order valence-corrected chi connectivity index (χ2v) is 3.79. The molecule has 0 bridgehead atoms. The van der Waals surface area contributed by atoms with E-state index in [0.717, 1.165) is 6.92 Å².